The third-order valence-electron chi connectivity index (χ3n) is 12.6. The molecule has 0 unspecified atom stereocenters. The summed E-state index contributed by atoms with van der Waals surface area (Å²) in [6.07, 6.45) is 9.18. The Balaban J connectivity index is 0.000000148. The van der Waals surface area contributed by atoms with Gasteiger partial charge >= 0.3 is 0 Å². The number of anilines is 3. The maximum absolute atomic E-state index is 14.3. The van der Waals surface area contributed by atoms with E-state index in [-0.39, 0.29) is 55.9 Å². The van der Waals surface area contributed by atoms with Gasteiger partial charge in [-0.1, -0.05) is 18.2 Å². The highest BCUT2D eigenvalue weighted by Crippen LogP contribution is 2.25. The molecule has 0 atom stereocenters. The molecule has 0 aliphatic carbocycles. The molecule has 88 heavy (non-hydrogen) atoms. The van der Waals surface area contributed by atoms with E-state index in [4.69, 9.17) is 17.3 Å². The van der Waals surface area contributed by atoms with Crippen LogP contribution in [0.2, 0.25) is 0 Å². The fourth-order valence-electron chi connectivity index (χ4n) is 8.33. The number of fused-ring (bicyclic) bond motifs is 3. The largest absolute Gasteiger partial charge is 0.399 e. The zero-order valence-electron chi connectivity index (χ0n) is 45.1. The number of hydrogen-bond donors (Lipinski definition) is 3. The van der Waals surface area contributed by atoms with Crippen LogP contribution in [0.3, 0.4) is 0 Å². The van der Waals surface area contributed by atoms with Gasteiger partial charge in [0.25, 0.3) is 17.1 Å². The lowest BCUT2D eigenvalue weighted by Gasteiger charge is -2.09. The summed E-state index contributed by atoms with van der Waals surface area (Å²) in [5.41, 5.74) is 10.6. The molecule has 12 rings (SSSR count). The SMILES string of the molecule is Nc1ccc(F)c(C(=O)c2ccc3nccnc3c2)c1.O=C(Cl)c1cccc(F)c1.O=C(Nc1ccc(F)c(C(=O)c2ccc3nccnc3c2)c1)c1cccc(F)c1.O=C(Nc1ccc(F)c(C(=O)c2ccc3nccnc3c2)c1)c1cccc(F)c1. The van der Waals surface area contributed by atoms with E-state index in [1.807, 2.05) is 0 Å². The smallest absolute Gasteiger partial charge is 0.255 e. The average Bonchev–Trinajstić information content (AvgIpc) is 3.36. The van der Waals surface area contributed by atoms with Crippen LogP contribution in [0, 0.1) is 34.9 Å². The third-order valence-corrected chi connectivity index (χ3v) is 12.8. The Morgan fingerprint density at radius 2 is 0.648 bits per heavy atom. The lowest BCUT2D eigenvalue weighted by Crippen LogP contribution is -2.13. The molecule has 22 heteroatoms. The van der Waals surface area contributed by atoms with E-state index in [1.165, 1.54) is 152 Å². The second-order valence-corrected chi connectivity index (χ2v) is 19.0. The first-order valence-corrected chi connectivity index (χ1v) is 26.2. The summed E-state index contributed by atoms with van der Waals surface area (Å²) < 4.78 is 81.3. The first-order valence-electron chi connectivity index (χ1n) is 25.9. The van der Waals surface area contributed by atoms with Crippen molar-refractivity contribution in [3.63, 3.8) is 0 Å². The number of amides is 2. The summed E-state index contributed by atoms with van der Waals surface area (Å²) in [4.78, 5) is 97.7. The number of nitrogen functional groups attached to an aromatic ring is 1. The lowest BCUT2D eigenvalue weighted by atomic mass is 10.0. The van der Waals surface area contributed by atoms with Crippen LogP contribution >= 0.6 is 11.6 Å². The van der Waals surface area contributed by atoms with Crippen molar-refractivity contribution in [1.29, 1.82) is 0 Å². The molecule has 0 saturated carbocycles. The van der Waals surface area contributed by atoms with E-state index >= 15 is 0 Å². The fraction of sp³-hybridized carbons (Fsp3) is 0. The van der Waals surface area contributed by atoms with Gasteiger partial charge in [0.2, 0.25) is 0 Å². The second kappa shape index (κ2) is 27.8. The van der Waals surface area contributed by atoms with E-state index in [0.717, 1.165) is 30.3 Å². The Morgan fingerprint density at radius 1 is 0.330 bits per heavy atom. The van der Waals surface area contributed by atoms with Gasteiger partial charge in [0, 0.05) is 87.6 Å². The van der Waals surface area contributed by atoms with Crippen LogP contribution < -0.4 is 16.4 Å². The molecule has 2 amide bonds. The molecule has 3 aromatic heterocycles. The predicted octanol–water partition coefficient (Wildman–Crippen LogP) is 13.6. The van der Waals surface area contributed by atoms with Gasteiger partial charge in [-0.2, -0.15) is 0 Å². The number of aromatic nitrogens is 6. The van der Waals surface area contributed by atoms with Crippen molar-refractivity contribution in [3.8, 4) is 0 Å². The Labute approximate surface area is 499 Å². The number of nitrogens with one attached hydrogen (secondary N) is 2. The topological polar surface area (TPSA) is 230 Å². The number of carbonyl (C=O) groups excluding carboxylic acids is 6. The summed E-state index contributed by atoms with van der Waals surface area (Å²) in [5.74, 6) is -6.29. The fourth-order valence-corrected chi connectivity index (χ4v) is 8.45. The molecule has 0 saturated heterocycles. The monoisotopic (exact) mass is 1200 g/mol. The molecule has 9 aromatic carbocycles. The van der Waals surface area contributed by atoms with Crippen molar-refractivity contribution in [1.82, 2.24) is 29.9 Å². The first-order chi connectivity index (χ1) is 42.4. The maximum Gasteiger partial charge on any atom is 0.255 e. The van der Waals surface area contributed by atoms with Crippen molar-refractivity contribution >= 4 is 96.2 Å². The highest BCUT2D eigenvalue weighted by molar-refractivity contribution is 6.67. The van der Waals surface area contributed by atoms with Crippen molar-refractivity contribution in [3.05, 3.63) is 304 Å². The zero-order chi connectivity index (χ0) is 62.4. The minimum Gasteiger partial charge on any atom is -0.399 e. The Bertz CT molecular complexity index is 4500. The van der Waals surface area contributed by atoms with Crippen molar-refractivity contribution in [2.75, 3.05) is 16.4 Å². The molecule has 15 nitrogen and oxygen atoms in total. The number of nitrogens with zero attached hydrogens (tertiary/aromatic N) is 6. The van der Waals surface area contributed by atoms with Crippen LogP contribution in [0.15, 0.2) is 219 Å². The van der Waals surface area contributed by atoms with Crippen LogP contribution in [0.25, 0.3) is 33.1 Å². The second-order valence-electron chi connectivity index (χ2n) is 18.6. The Morgan fingerprint density at radius 3 is 0.989 bits per heavy atom. The van der Waals surface area contributed by atoms with Gasteiger partial charge in [-0.05, 0) is 175 Å². The number of hydrogen-bond acceptors (Lipinski definition) is 13. The van der Waals surface area contributed by atoms with E-state index in [0.29, 0.717) is 44.4 Å². The van der Waals surface area contributed by atoms with Crippen LogP contribution in [-0.4, -0.2) is 64.3 Å². The molecule has 434 valence electrons. The van der Waals surface area contributed by atoms with Gasteiger partial charge in [0.05, 0.1) is 49.8 Å². The van der Waals surface area contributed by atoms with Gasteiger partial charge in [-0.25, -0.2) is 26.3 Å². The molecule has 0 aliphatic heterocycles. The summed E-state index contributed by atoms with van der Waals surface area (Å²) in [7, 11) is 0. The third kappa shape index (κ3) is 15.3. The molecule has 0 fully saturated rings. The normalized spacial score (nSPS) is 10.5. The number of benzene rings is 9. The van der Waals surface area contributed by atoms with E-state index in [2.05, 4.69) is 40.5 Å². The number of rotatable bonds is 11. The van der Waals surface area contributed by atoms with Gasteiger partial charge in [0.1, 0.15) is 34.9 Å². The number of carbonyl (C=O) groups is 6. The zero-order valence-corrected chi connectivity index (χ0v) is 45.9. The van der Waals surface area contributed by atoms with Gasteiger partial charge in [-0.3, -0.25) is 58.7 Å². The summed E-state index contributed by atoms with van der Waals surface area (Å²) in [6.45, 7) is 0. The van der Waals surface area contributed by atoms with Crippen LogP contribution in [0.1, 0.15) is 78.8 Å². The van der Waals surface area contributed by atoms with Crippen LogP contribution in [0.5, 0.6) is 0 Å². The van der Waals surface area contributed by atoms with Gasteiger partial charge in [-0.15, -0.1) is 0 Å². The quantitative estimate of drug-likeness (QED) is 0.0474. The van der Waals surface area contributed by atoms with E-state index < -0.39 is 69.3 Å². The van der Waals surface area contributed by atoms with Crippen molar-refractivity contribution in [2.24, 2.45) is 0 Å². The first kappa shape index (κ1) is 60.9. The average molecular weight is 1200 g/mol. The molecule has 0 radical (unpaired) electrons. The van der Waals surface area contributed by atoms with Gasteiger partial charge in [0.15, 0.2) is 17.3 Å². The Hall–Kier alpha value is -11.7. The summed E-state index contributed by atoms with van der Waals surface area (Å²) >= 11 is 5.07. The predicted molar refractivity (Wildman–Crippen MR) is 318 cm³/mol. The Kier molecular flexibility index (Phi) is 19.2. The standard InChI is InChI=1S/2C22H13F2N3O2.C15H10FN3O.C7H4ClFO/c2*23-15-3-1-2-14(10-15)22(29)27-16-5-6-18(24)17(12-16)21(28)13-4-7-19-20(11-13)26-9-8-25-19;16-12-3-2-10(17)8-11(12)15(20)9-1-4-13-14(7-9)19-6-5-18-13;8-7(10)5-2-1-3-6(9)4-5/h2*1-12H,(H,27,29);1-8H,17H2;1-4H. The maximum atomic E-state index is 14.3. The molecule has 12 aromatic rings. The van der Waals surface area contributed by atoms with Gasteiger partial charge < -0.3 is 16.4 Å². The molecule has 0 spiro atoms. The molecule has 4 N–H and O–H groups in total. The van der Waals surface area contributed by atoms with Crippen molar-refractivity contribution < 1.29 is 55.1 Å². The number of nitrogens with two attached hydrogens (primary N) is 1. The van der Waals surface area contributed by atoms with Crippen LogP contribution in [-0.2, 0) is 0 Å². The molecular weight excluding hydrogens is 1160 g/mol. The molecular formula is C66H40ClF6N9O6. The lowest BCUT2D eigenvalue weighted by molar-refractivity contribution is 0.101. The minimum atomic E-state index is -0.724. The highest BCUT2D eigenvalue weighted by atomic mass is 35.5. The minimum absolute atomic E-state index is 0.0479. The van der Waals surface area contributed by atoms with Crippen LogP contribution in [0.4, 0.5) is 43.4 Å². The van der Waals surface area contributed by atoms with Crippen molar-refractivity contribution in [2.45, 2.75) is 0 Å². The summed E-state index contributed by atoms with van der Waals surface area (Å²) in [6, 6.07) is 41.1. The highest BCUT2D eigenvalue weighted by Gasteiger charge is 2.20. The summed E-state index contributed by atoms with van der Waals surface area (Å²) in [5, 5.41) is 4.44. The molecule has 0 bridgehead atoms. The van der Waals surface area contributed by atoms with E-state index in [9.17, 15) is 55.1 Å². The number of halogens is 7. The number of ketones is 3. The molecule has 0 aliphatic rings. The van der Waals surface area contributed by atoms with E-state index in [1.54, 1.807) is 36.5 Å². The molecule has 3 heterocycles.